The molecule has 0 heterocycles. The van der Waals surface area contributed by atoms with Crippen molar-refractivity contribution in [3.63, 3.8) is 0 Å². The van der Waals surface area contributed by atoms with Crippen LogP contribution in [0.3, 0.4) is 0 Å². The van der Waals surface area contributed by atoms with Gasteiger partial charge in [0.1, 0.15) is 0 Å². The van der Waals surface area contributed by atoms with Gasteiger partial charge in [-0.05, 0) is 0 Å². The summed E-state index contributed by atoms with van der Waals surface area (Å²) in [6.07, 6.45) is 0. The van der Waals surface area contributed by atoms with Crippen LogP contribution in [0.5, 0.6) is 0 Å². The first-order valence-electron chi connectivity index (χ1n) is 0.698. The van der Waals surface area contributed by atoms with Gasteiger partial charge in [0.25, 0.3) is 0 Å². The summed E-state index contributed by atoms with van der Waals surface area (Å²) in [7, 11) is 0. The molecule has 7 heteroatoms. The molecule has 2 N–H and O–H groups in total. The summed E-state index contributed by atoms with van der Waals surface area (Å²) in [5, 5.41) is 0. The second kappa shape index (κ2) is 6.46. The first-order chi connectivity index (χ1) is 2.00. The summed E-state index contributed by atoms with van der Waals surface area (Å²) in [6, 6.07) is 0. The molecule has 0 aliphatic carbocycles. The van der Waals surface area contributed by atoms with E-state index in [2.05, 4.69) is 0 Å². The molecular weight excluding hydrogens is 287 g/mol. The number of hydrogen-bond donors (Lipinski definition) is 2. The van der Waals surface area contributed by atoms with Gasteiger partial charge in [-0.1, -0.05) is 0 Å². The van der Waals surface area contributed by atoms with Crippen LogP contribution < -0.4 is 0 Å². The Hall–Kier alpha value is 2.34. The van der Waals surface area contributed by atoms with Crippen LogP contribution in [0.15, 0.2) is 0 Å². The molecule has 0 atom stereocenters. The molecule has 0 unspecified atom stereocenters. The van der Waals surface area contributed by atoms with Gasteiger partial charge < -0.3 is 0 Å². The zero-order valence-corrected chi connectivity index (χ0v) is 5.14. The van der Waals surface area contributed by atoms with Gasteiger partial charge >= 0.3 is 87.6 Å². The van der Waals surface area contributed by atoms with Gasteiger partial charge in [0.05, 0.1) is 0 Å². The van der Waals surface area contributed by atoms with Gasteiger partial charge in [-0.25, -0.2) is 0 Å². The average Bonchev–Trinajstić information content (AvgIpc) is 0.722. The van der Waals surface area contributed by atoms with Crippen LogP contribution in [-0.2, 0) is 24.2 Å². The van der Waals surface area contributed by atoms with Crippen molar-refractivity contribution in [2.45, 2.75) is 0 Å². The maximum atomic E-state index is 8.82. The van der Waals surface area contributed by atoms with Crippen LogP contribution in [-0.4, -0.2) is 79.9 Å². The molecule has 0 bridgehead atoms. The molecule has 0 aromatic rings. The summed E-state index contributed by atoms with van der Waals surface area (Å²) in [4.78, 5) is 0. The first kappa shape index (κ1) is 16.2. The van der Waals surface area contributed by atoms with Crippen molar-refractivity contribution in [1.29, 1.82) is 0 Å². The standard InChI is InChI=1S/Ni.H2O4Se.Rb.H/c;1-5(2,3)4;;/h;(H2,1,2,3,4);;. The first-order valence-corrected chi connectivity index (χ1v) is 3.63. The summed E-state index contributed by atoms with van der Waals surface area (Å²) >= 11 is -5.25. The third-order valence-corrected chi connectivity index (χ3v) is 0. The van der Waals surface area contributed by atoms with Crippen molar-refractivity contribution < 1.29 is 32.5 Å². The molecule has 44 valence electrons. The van der Waals surface area contributed by atoms with Gasteiger partial charge in [-0.3, -0.25) is 0 Å². The van der Waals surface area contributed by atoms with E-state index in [1.165, 1.54) is 0 Å². The van der Waals surface area contributed by atoms with Gasteiger partial charge in [0, 0.05) is 16.5 Å². The average molecular weight is 290 g/mol. The molecule has 0 spiro atoms. The molecule has 7 heavy (non-hydrogen) atoms. The Morgan fingerprint density at radius 3 is 1.14 bits per heavy atom. The predicted molar refractivity (Wildman–Crippen MR) is 18.7 cm³/mol. The van der Waals surface area contributed by atoms with Crippen LogP contribution in [0.2, 0.25) is 0 Å². The van der Waals surface area contributed by atoms with E-state index >= 15 is 0 Å². The van der Waals surface area contributed by atoms with E-state index in [-0.39, 0.29) is 74.7 Å². The van der Waals surface area contributed by atoms with Gasteiger partial charge in [0.15, 0.2) is 0 Å². The molecule has 0 fully saturated rings. The fourth-order valence-corrected chi connectivity index (χ4v) is 0. The molecule has 0 radical (unpaired) electrons. The van der Waals surface area contributed by atoms with Crippen molar-refractivity contribution in [3.8, 4) is 0 Å². The summed E-state index contributed by atoms with van der Waals surface area (Å²) < 4.78 is 31.9. The molecule has 0 aliphatic rings. The molecule has 0 rings (SSSR count). The summed E-state index contributed by atoms with van der Waals surface area (Å²) in [5.74, 6) is 0. The molecule has 0 saturated carbocycles. The van der Waals surface area contributed by atoms with Crippen molar-refractivity contribution in [2.24, 2.45) is 0 Å². The fraction of sp³-hybridized carbons (Fsp3) is 0. The van der Waals surface area contributed by atoms with Crippen molar-refractivity contribution in [2.75, 3.05) is 0 Å². The van der Waals surface area contributed by atoms with Crippen LogP contribution in [0, 0.1) is 0 Å². The SMILES string of the molecule is O=[Se](=O)(O)O.[Ni].[RbH]. The van der Waals surface area contributed by atoms with E-state index in [4.69, 9.17) is 16.0 Å². The molecule has 0 amide bonds. The van der Waals surface area contributed by atoms with Gasteiger partial charge in [-0.2, -0.15) is 0 Å². The van der Waals surface area contributed by atoms with Gasteiger partial charge in [0.2, 0.25) is 0 Å². The van der Waals surface area contributed by atoms with Crippen molar-refractivity contribution >= 4 is 71.6 Å². The van der Waals surface area contributed by atoms with Crippen LogP contribution in [0.25, 0.3) is 0 Å². The number of rotatable bonds is 0. The summed E-state index contributed by atoms with van der Waals surface area (Å²) in [5.41, 5.74) is 0. The Bertz CT molecular complexity index is 94.9. The fourth-order valence-electron chi connectivity index (χ4n) is 0. The molecule has 0 aliphatic heterocycles. The minimum atomic E-state index is -5.25. The van der Waals surface area contributed by atoms with Crippen molar-refractivity contribution in [3.05, 3.63) is 0 Å². The van der Waals surface area contributed by atoms with Crippen LogP contribution in [0.1, 0.15) is 0 Å². The van der Waals surface area contributed by atoms with E-state index in [0.717, 1.165) is 0 Å². The van der Waals surface area contributed by atoms with E-state index in [0.29, 0.717) is 0 Å². The third-order valence-electron chi connectivity index (χ3n) is 0. The zero-order valence-electron chi connectivity index (χ0n) is 2.44. The molecule has 4 nitrogen and oxygen atoms in total. The Balaban J connectivity index is -0.0000000800. The van der Waals surface area contributed by atoms with Crippen LogP contribution >= 0.6 is 0 Å². The quantitative estimate of drug-likeness (QED) is 0.489. The second-order valence-electron chi connectivity index (χ2n) is 0.448. The second-order valence-corrected chi connectivity index (χ2v) is 2.33. The summed E-state index contributed by atoms with van der Waals surface area (Å²) in [6.45, 7) is 0. The Labute approximate surface area is 102 Å². The topological polar surface area (TPSA) is 74.6 Å². The zero-order chi connectivity index (χ0) is 4.50. The van der Waals surface area contributed by atoms with E-state index in [1.807, 2.05) is 0 Å². The Morgan fingerprint density at radius 2 is 1.14 bits per heavy atom. The monoisotopic (exact) mass is 290 g/mol. The molecular formula is H3NiO4RbSe. The molecule has 0 aromatic heterocycles. The van der Waals surface area contributed by atoms with E-state index in [9.17, 15) is 0 Å². The Kier molecular flexibility index (Phi) is 14.9. The van der Waals surface area contributed by atoms with Crippen LogP contribution in [0.4, 0.5) is 0 Å². The molecule has 0 aromatic carbocycles. The normalized spacial score (nSPS) is 8.29. The van der Waals surface area contributed by atoms with Crippen molar-refractivity contribution in [1.82, 2.24) is 0 Å². The Morgan fingerprint density at radius 1 is 1.14 bits per heavy atom. The van der Waals surface area contributed by atoms with E-state index in [1.54, 1.807) is 0 Å². The third kappa shape index (κ3) is 61.3. The number of hydrogen-bond acceptors (Lipinski definition) is 2. The maximum absolute atomic E-state index is 8.82. The minimum absolute atomic E-state index is 0. The predicted octanol–water partition coefficient (Wildman–Crippen LogP) is -2.38. The van der Waals surface area contributed by atoms with E-state index < -0.39 is 13.4 Å². The van der Waals surface area contributed by atoms with Gasteiger partial charge in [-0.15, -0.1) is 0 Å². The molecule has 0 saturated heterocycles.